The fourth-order valence-electron chi connectivity index (χ4n) is 4.18. The van der Waals surface area contributed by atoms with Crippen molar-refractivity contribution < 1.29 is 9.53 Å². The number of aromatic nitrogens is 2. The van der Waals surface area contributed by atoms with Crippen LogP contribution in [0.4, 0.5) is 11.6 Å². The predicted molar refractivity (Wildman–Crippen MR) is 113 cm³/mol. The molecule has 8 nitrogen and oxygen atoms in total. The molecule has 1 atom stereocenters. The van der Waals surface area contributed by atoms with E-state index in [1.807, 2.05) is 23.9 Å². The van der Waals surface area contributed by atoms with Gasteiger partial charge in [0.25, 0.3) is 0 Å². The Morgan fingerprint density at radius 2 is 1.90 bits per heavy atom. The lowest BCUT2D eigenvalue weighted by molar-refractivity contribution is -0.149. The Morgan fingerprint density at radius 3 is 2.62 bits per heavy atom. The van der Waals surface area contributed by atoms with E-state index in [1.165, 1.54) is 45.3 Å². The molecule has 1 unspecified atom stereocenters. The zero-order valence-corrected chi connectivity index (χ0v) is 17.7. The van der Waals surface area contributed by atoms with Crippen LogP contribution < -0.4 is 10.2 Å². The Balaban J connectivity index is 1.23. The minimum Gasteiger partial charge on any atom is -0.366 e. The van der Waals surface area contributed by atoms with Crippen LogP contribution in [0.25, 0.3) is 0 Å². The van der Waals surface area contributed by atoms with Gasteiger partial charge < -0.3 is 24.8 Å². The number of anilines is 2. The van der Waals surface area contributed by atoms with Crippen molar-refractivity contribution >= 4 is 17.5 Å². The first-order valence-electron chi connectivity index (χ1n) is 10.9. The van der Waals surface area contributed by atoms with E-state index >= 15 is 0 Å². The van der Waals surface area contributed by atoms with Crippen molar-refractivity contribution in [2.75, 3.05) is 70.2 Å². The smallest absolute Gasteiger partial charge is 0.248 e. The number of carbonyl (C=O) groups excluding carboxylic acids is 1. The van der Waals surface area contributed by atoms with E-state index in [0.717, 1.165) is 24.1 Å². The van der Waals surface area contributed by atoms with E-state index in [4.69, 9.17) is 4.74 Å². The average molecular weight is 403 g/mol. The van der Waals surface area contributed by atoms with Crippen LogP contribution in [0.15, 0.2) is 12.4 Å². The first-order chi connectivity index (χ1) is 14.1. The molecule has 160 valence electrons. The number of rotatable bonds is 8. The number of amides is 1. The molecule has 4 rings (SSSR count). The summed E-state index contributed by atoms with van der Waals surface area (Å²) >= 11 is 0. The molecule has 29 heavy (non-hydrogen) atoms. The molecule has 3 heterocycles. The van der Waals surface area contributed by atoms with Gasteiger partial charge in [-0.2, -0.15) is 0 Å². The van der Waals surface area contributed by atoms with Crippen LogP contribution in [0.1, 0.15) is 25.7 Å². The topological polar surface area (TPSA) is 73.8 Å². The van der Waals surface area contributed by atoms with Crippen molar-refractivity contribution in [2.24, 2.45) is 11.8 Å². The standard InChI is InChI=1S/C21H34N6O2/c1-25(2)20-11-22-10-19(24-20)23-9-18-14-27(21(28)15-29-18)13-17-5-7-26(8-6-17)12-16-3-4-16/h10-11,16-18H,3-9,12-15H2,1-2H3,(H,23,24). The van der Waals surface area contributed by atoms with Gasteiger partial charge in [0, 0.05) is 40.3 Å². The van der Waals surface area contributed by atoms with E-state index in [9.17, 15) is 4.79 Å². The predicted octanol–water partition coefficient (Wildman–Crippen LogP) is 1.30. The molecule has 1 amide bonds. The molecular formula is C21H34N6O2. The molecule has 1 N–H and O–H groups in total. The van der Waals surface area contributed by atoms with Crippen molar-refractivity contribution in [3.63, 3.8) is 0 Å². The molecule has 0 bridgehead atoms. The summed E-state index contributed by atoms with van der Waals surface area (Å²) in [6, 6.07) is 0. The molecule has 1 saturated carbocycles. The molecule has 8 heteroatoms. The van der Waals surface area contributed by atoms with Gasteiger partial charge in [-0.05, 0) is 50.6 Å². The summed E-state index contributed by atoms with van der Waals surface area (Å²) in [5, 5.41) is 3.31. The molecule has 3 fully saturated rings. The van der Waals surface area contributed by atoms with E-state index in [-0.39, 0.29) is 18.6 Å². The molecule has 0 spiro atoms. The minimum absolute atomic E-state index is 0.0209. The maximum atomic E-state index is 12.4. The largest absolute Gasteiger partial charge is 0.366 e. The van der Waals surface area contributed by atoms with Crippen LogP contribution in [0.3, 0.4) is 0 Å². The summed E-state index contributed by atoms with van der Waals surface area (Å²) in [5.74, 6) is 3.24. The number of likely N-dealkylation sites (tertiary alicyclic amines) is 1. The fourth-order valence-corrected chi connectivity index (χ4v) is 4.18. The zero-order chi connectivity index (χ0) is 20.2. The summed E-state index contributed by atoms with van der Waals surface area (Å²) in [5.41, 5.74) is 0. The summed E-state index contributed by atoms with van der Waals surface area (Å²) in [7, 11) is 3.88. The van der Waals surface area contributed by atoms with E-state index < -0.39 is 0 Å². The van der Waals surface area contributed by atoms with Crippen molar-refractivity contribution in [1.82, 2.24) is 19.8 Å². The molecule has 0 aromatic carbocycles. The second-order valence-electron chi connectivity index (χ2n) is 8.96. The van der Waals surface area contributed by atoms with Gasteiger partial charge in [0.15, 0.2) is 0 Å². The highest BCUT2D eigenvalue weighted by molar-refractivity contribution is 5.78. The van der Waals surface area contributed by atoms with Crippen molar-refractivity contribution in [3.05, 3.63) is 12.4 Å². The van der Waals surface area contributed by atoms with Crippen LogP contribution in [-0.2, 0) is 9.53 Å². The summed E-state index contributed by atoms with van der Waals surface area (Å²) < 4.78 is 5.76. The van der Waals surface area contributed by atoms with E-state index in [0.29, 0.717) is 19.0 Å². The third-order valence-corrected chi connectivity index (χ3v) is 6.21. The number of carbonyl (C=O) groups is 1. The molecule has 0 radical (unpaired) electrons. The number of hydrogen-bond acceptors (Lipinski definition) is 7. The lowest BCUT2D eigenvalue weighted by Gasteiger charge is -2.38. The van der Waals surface area contributed by atoms with Crippen LogP contribution in [-0.4, -0.2) is 91.7 Å². The maximum absolute atomic E-state index is 12.4. The van der Waals surface area contributed by atoms with Gasteiger partial charge in [-0.25, -0.2) is 4.98 Å². The highest BCUT2D eigenvalue weighted by atomic mass is 16.5. The molecule has 1 aliphatic carbocycles. The van der Waals surface area contributed by atoms with E-state index in [2.05, 4.69) is 20.2 Å². The van der Waals surface area contributed by atoms with Crippen LogP contribution in [0, 0.1) is 11.8 Å². The van der Waals surface area contributed by atoms with Gasteiger partial charge in [-0.1, -0.05) is 0 Å². The Bertz CT molecular complexity index is 688. The molecule has 3 aliphatic rings. The average Bonchev–Trinajstić information content (AvgIpc) is 3.54. The first-order valence-corrected chi connectivity index (χ1v) is 10.9. The Labute approximate surface area is 173 Å². The normalized spacial score (nSPS) is 24.0. The lowest BCUT2D eigenvalue weighted by Crippen LogP contribution is -2.51. The third kappa shape index (κ3) is 5.79. The number of ether oxygens (including phenoxy) is 1. The van der Waals surface area contributed by atoms with Gasteiger partial charge in [0.1, 0.15) is 18.2 Å². The van der Waals surface area contributed by atoms with Crippen molar-refractivity contribution in [3.8, 4) is 0 Å². The number of piperidine rings is 1. The highest BCUT2D eigenvalue weighted by Gasteiger charge is 2.31. The summed E-state index contributed by atoms with van der Waals surface area (Å²) in [6.45, 7) is 5.97. The second kappa shape index (κ2) is 9.26. The summed E-state index contributed by atoms with van der Waals surface area (Å²) in [6.07, 6.45) is 8.67. The monoisotopic (exact) mass is 402 g/mol. The fraction of sp³-hybridized carbons (Fsp3) is 0.762. The molecule has 2 saturated heterocycles. The van der Waals surface area contributed by atoms with Gasteiger partial charge in [-0.15, -0.1) is 0 Å². The first kappa shape index (κ1) is 20.3. The van der Waals surface area contributed by atoms with Crippen molar-refractivity contribution in [1.29, 1.82) is 0 Å². The highest BCUT2D eigenvalue weighted by Crippen LogP contribution is 2.31. The molecule has 1 aromatic rings. The van der Waals surface area contributed by atoms with Gasteiger partial charge in [0.05, 0.1) is 18.5 Å². The van der Waals surface area contributed by atoms with Crippen molar-refractivity contribution in [2.45, 2.75) is 31.8 Å². The Hall–Kier alpha value is -1.93. The Kier molecular flexibility index (Phi) is 6.50. The van der Waals surface area contributed by atoms with Gasteiger partial charge >= 0.3 is 0 Å². The van der Waals surface area contributed by atoms with Crippen LogP contribution >= 0.6 is 0 Å². The number of hydrogen-bond donors (Lipinski definition) is 1. The molecule has 2 aliphatic heterocycles. The summed E-state index contributed by atoms with van der Waals surface area (Å²) in [4.78, 5) is 27.7. The van der Waals surface area contributed by atoms with E-state index in [1.54, 1.807) is 12.4 Å². The van der Waals surface area contributed by atoms with Gasteiger partial charge in [-0.3, -0.25) is 9.78 Å². The number of nitrogens with one attached hydrogen (secondary N) is 1. The van der Waals surface area contributed by atoms with Crippen LogP contribution in [0.2, 0.25) is 0 Å². The lowest BCUT2D eigenvalue weighted by atomic mass is 9.95. The van der Waals surface area contributed by atoms with Crippen LogP contribution in [0.5, 0.6) is 0 Å². The second-order valence-corrected chi connectivity index (χ2v) is 8.96. The SMILES string of the molecule is CN(C)c1cncc(NCC2CN(CC3CCN(CC4CC4)CC3)C(=O)CO2)n1. The number of morpholine rings is 1. The van der Waals surface area contributed by atoms with Gasteiger partial charge in [0.2, 0.25) is 5.91 Å². The quantitative estimate of drug-likeness (QED) is 0.703. The Morgan fingerprint density at radius 1 is 1.14 bits per heavy atom. The third-order valence-electron chi connectivity index (χ3n) is 6.21. The minimum atomic E-state index is -0.0209. The molecular weight excluding hydrogens is 368 g/mol. The number of nitrogens with zero attached hydrogens (tertiary/aromatic N) is 5. The zero-order valence-electron chi connectivity index (χ0n) is 17.7. The molecule has 1 aromatic heterocycles. The maximum Gasteiger partial charge on any atom is 0.248 e.